The summed E-state index contributed by atoms with van der Waals surface area (Å²) >= 11 is 1.87. The van der Waals surface area contributed by atoms with Gasteiger partial charge in [-0.3, -0.25) is 0 Å². The van der Waals surface area contributed by atoms with Crippen LogP contribution >= 0.6 is 11.3 Å². The zero-order valence-electron chi connectivity index (χ0n) is 12.7. The van der Waals surface area contributed by atoms with E-state index < -0.39 is 0 Å². The third-order valence-electron chi connectivity index (χ3n) is 3.60. The first-order valence-corrected chi connectivity index (χ1v) is 8.55. The molecule has 0 aliphatic heterocycles. The van der Waals surface area contributed by atoms with Crippen molar-refractivity contribution in [3.8, 4) is 0 Å². The number of hydrogen-bond donors (Lipinski definition) is 0. The van der Waals surface area contributed by atoms with E-state index in [0.29, 0.717) is 5.41 Å². The summed E-state index contributed by atoms with van der Waals surface area (Å²) in [7, 11) is 0. The van der Waals surface area contributed by atoms with Crippen molar-refractivity contribution in [1.29, 1.82) is 0 Å². The summed E-state index contributed by atoms with van der Waals surface area (Å²) in [6, 6.07) is 0. The van der Waals surface area contributed by atoms with Crippen molar-refractivity contribution in [2.24, 2.45) is 0 Å². The normalized spacial score (nSPS) is 12.0. The van der Waals surface area contributed by atoms with E-state index in [2.05, 4.69) is 38.5 Å². The number of thiophene rings is 1. The van der Waals surface area contributed by atoms with Crippen molar-refractivity contribution >= 4 is 11.3 Å². The van der Waals surface area contributed by atoms with Crippen molar-refractivity contribution in [3.63, 3.8) is 0 Å². The van der Waals surface area contributed by atoms with Crippen molar-refractivity contribution in [3.05, 3.63) is 21.9 Å². The average Bonchev–Trinajstić information content (AvgIpc) is 2.76. The minimum atomic E-state index is 0.316. The van der Waals surface area contributed by atoms with Crippen molar-refractivity contribution in [2.45, 2.75) is 84.5 Å². The molecular weight excluding hydrogens is 236 g/mol. The fourth-order valence-electron chi connectivity index (χ4n) is 2.45. The summed E-state index contributed by atoms with van der Waals surface area (Å²) < 4.78 is 0. The zero-order valence-corrected chi connectivity index (χ0v) is 13.5. The van der Waals surface area contributed by atoms with Crippen LogP contribution in [0.1, 0.15) is 83.8 Å². The van der Waals surface area contributed by atoms with Crippen LogP contribution in [0.15, 0.2) is 10.8 Å². The van der Waals surface area contributed by atoms with E-state index >= 15 is 0 Å². The molecule has 0 saturated carbocycles. The molecular formula is C17H30S. The van der Waals surface area contributed by atoms with E-state index in [1.54, 1.807) is 11.1 Å². The maximum Gasteiger partial charge on any atom is -0.00531 e. The Labute approximate surface area is 118 Å². The predicted molar refractivity (Wildman–Crippen MR) is 84.7 cm³/mol. The molecule has 0 amide bonds. The van der Waals surface area contributed by atoms with Gasteiger partial charge in [-0.25, -0.2) is 0 Å². The van der Waals surface area contributed by atoms with E-state index in [1.165, 1.54) is 51.4 Å². The molecule has 0 saturated heterocycles. The number of unbranched alkanes of at least 4 members (excludes halogenated alkanes) is 6. The van der Waals surface area contributed by atoms with Gasteiger partial charge >= 0.3 is 0 Å². The van der Waals surface area contributed by atoms with Gasteiger partial charge in [0.25, 0.3) is 0 Å². The molecule has 0 N–H and O–H groups in total. The molecule has 0 aromatic carbocycles. The SMILES string of the molecule is CCCCCCCCCc1cscc1C(C)(C)C. The summed E-state index contributed by atoms with van der Waals surface area (Å²) in [6.07, 6.45) is 11.1. The monoisotopic (exact) mass is 266 g/mol. The minimum Gasteiger partial charge on any atom is -0.152 e. The van der Waals surface area contributed by atoms with Crippen molar-refractivity contribution < 1.29 is 0 Å². The van der Waals surface area contributed by atoms with E-state index in [4.69, 9.17) is 0 Å². The Morgan fingerprint density at radius 3 is 2.11 bits per heavy atom. The van der Waals surface area contributed by atoms with Crippen molar-refractivity contribution in [1.82, 2.24) is 0 Å². The van der Waals surface area contributed by atoms with Crippen LogP contribution in [0.25, 0.3) is 0 Å². The van der Waals surface area contributed by atoms with Gasteiger partial charge in [-0.05, 0) is 40.1 Å². The molecule has 0 radical (unpaired) electrons. The molecule has 0 fully saturated rings. The Morgan fingerprint density at radius 2 is 1.50 bits per heavy atom. The number of rotatable bonds is 8. The second kappa shape index (κ2) is 7.99. The number of aryl methyl sites for hydroxylation is 1. The molecule has 0 aliphatic carbocycles. The molecule has 0 bridgehead atoms. The molecule has 1 heterocycles. The standard InChI is InChI=1S/C17H30S/c1-5-6-7-8-9-10-11-12-15-13-18-14-16(15)17(2,3)4/h13-14H,5-12H2,1-4H3. The maximum atomic E-state index is 2.36. The lowest BCUT2D eigenvalue weighted by Crippen LogP contribution is -2.12. The van der Waals surface area contributed by atoms with Gasteiger partial charge in [0.15, 0.2) is 0 Å². The first-order valence-electron chi connectivity index (χ1n) is 7.61. The van der Waals surface area contributed by atoms with Gasteiger partial charge in [-0.15, -0.1) is 0 Å². The van der Waals surface area contributed by atoms with Gasteiger partial charge in [0.1, 0.15) is 0 Å². The first-order chi connectivity index (χ1) is 8.55. The van der Waals surface area contributed by atoms with Crippen LogP contribution in [0.4, 0.5) is 0 Å². The molecule has 1 rings (SSSR count). The largest absolute Gasteiger partial charge is 0.152 e. The second-order valence-corrected chi connectivity index (χ2v) is 7.18. The summed E-state index contributed by atoms with van der Waals surface area (Å²) in [5.74, 6) is 0. The Morgan fingerprint density at radius 1 is 0.889 bits per heavy atom. The number of hydrogen-bond acceptors (Lipinski definition) is 1. The predicted octanol–water partition coefficient (Wildman–Crippen LogP) is 6.34. The summed E-state index contributed by atoms with van der Waals surface area (Å²) in [5.41, 5.74) is 3.48. The summed E-state index contributed by atoms with van der Waals surface area (Å²) in [5, 5.41) is 4.70. The van der Waals surface area contributed by atoms with Gasteiger partial charge in [0.2, 0.25) is 0 Å². The molecule has 0 spiro atoms. The third kappa shape index (κ3) is 5.56. The highest BCUT2D eigenvalue weighted by Crippen LogP contribution is 2.30. The molecule has 104 valence electrons. The lowest BCUT2D eigenvalue weighted by molar-refractivity contribution is 0.570. The van der Waals surface area contributed by atoms with Crippen LogP contribution in [0.3, 0.4) is 0 Å². The average molecular weight is 266 g/mol. The summed E-state index contributed by atoms with van der Waals surface area (Å²) in [4.78, 5) is 0. The second-order valence-electron chi connectivity index (χ2n) is 6.43. The quantitative estimate of drug-likeness (QED) is 0.482. The molecule has 0 unspecified atom stereocenters. The summed E-state index contributed by atoms with van der Waals surface area (Å²) in [6.45, 7) is 9.25. The fraction of sp³-hybridized carbons (Fsp3) is 0.765. The molecule has 1 heteroatoms. The molecule has 0 atom stereocenters. The Kier molecular flexibility index (Phi) is 6.99. The van der Waals surface area contributed by atoms with E-state index in [0.717, 1.165) is 0 Å². The maximum absolute atomic E-state index is 2.36. The van der Waals surface area contributed by atoms with Crippen LogP contribution in [0, 0.1) is 0 Å². The van der Waals surface area contributed by atoms with Crippen LogP contribution in [-0.2, 0) is 11.8 Å². The van der Waals surface area contributed by atoms with E-state index in [1.807, 2.05) is 11.3 Å². The van der Waals surface area contributed by atoms with Crippen LogP contribution in [0.5, 0.6) is 0 Å². The topological polar surface area (TPSA) is 0 Å². The van der Waals surface area contributed by atoms with Crippen LogP contribution in [0.2, 0.25) is 0 Å². The highest BCUT2D eigenvalue weighted by atomic mass is 32.1. The van der Waals surface area contributed by atoms with Gasteiger partial charge in [-0.1, -0.05) is 66.2 Å². The first kappa shape index (κ1) is 15.8. The van der Waals surface area contributed by atoms with Crippen LogP contribution in [-0.4, -0.2) is 0 Å². The Balaban J connectivity index is 2.22. The molecule has 18 heavy (non-hydrogen) atoms. The molecule has 1 aromatic rings. The van der Waals surface area contributed by atoms with Crippen LogP contribution < -0.4 is 0 Å². The Bertz CT molecular complexity index is 317. The van der Waals surface area contributed by atoms with Gasteiger partial charge in [0, 0.05) is 0 Å². The molecule has 1 aromatic heterocycles. The zero-order chi connectivity index (χ0) is 13.4. The Hall–Kier alpha value is -0.300. The molecule has 0 aliphatic rings. The lowest BCUT2D eigenvalue weighted by Gasteiger charge is -2.19. The van der Waals surface area contributed by atoms with Gasteiger partial charge in [0.05, 0.1) is 0 Å². The lowest BCUT2D eigenvalue weighted by atomic mass is 9.85. The van der Waals surface area contributed by atoms with Gasteiger partial charge in [-0.2, -0.15) is 11.3 Å². The third-order valence-corrected chi connectivity index (χ3v) is 4.39. The van der Waals surface area contributed by atoms with E-state index in [-0.39, 0.29) is 0 Å². The highest BCUT2D eigenvalue weighted by Gasteiger charge is 2.18. The smallest absolute Gasteiger partial charge is 0.00531 e. The van der Waals surface area contributed by atoms with Gasteiger partial charge < -0.3 is 0 Å². The fourth-order valence-corrected chi connectivity index (χ4v) is 3.57. The minimum absolute atomic E-state index is 0.316. The van der Waals surface area contributed by atoms with E-state index in [9.17, 15) is 0 Å². The molecule has 0 nitrogen and oxygen atoms in total. The van der Waals surface area contributed by atoms with Crippen molar-refractivity contribution in [2.75, 3.05) is 0 Å². The highest BCUT2D eigenvalue weighted by molar-refractivity contribution is 7.08.